The maximum atomic E-state index is 12.8. The van der Waals surface area contributed by atoms with Crippen LogP contribution in [0.5, 0.6) is 0 Å². The molecule has 1 aromatic carbocycles. The molecule has 2 N–H and O–H groups in total. The fraction of sp³-hybridized carbons (Fsp3) is 0.600. The van der Waals surface area contributed by atoms with E-state index < -0.39 is 10.0 Å². The number of hydrogen-bond acceptors (Lipinski definition) is 3. The Kier molecular flexibility index (Phi) is 4.39. The van der Waals surface area contributed by atoms with Gasteiger partial charge in [0.15, 0.2) is 0 Å². The molecule has 1 aliphatic rings. The van der Waals surface area contributed by atoms with E-state index in [4.69, 9.17) is 5.73 Å². The van der Waals surface area contributed by atoms with E-state index in [9.17, 15) is 8.42 Å². The highest BCUT2D eigenvalue weighted by Crippen LogP contribution is 2.32. The van der Waals surface area contributed by atoms with Crippen LogP contribution in [0, 0.1) is 5.92 Å². The lowest BCUT2D eigenvalue weighted by Crippen LogP contribution is -2.30. The highest BCUT2D eigenvalue weighted by atomic mass is 32.2. The third kappa shape index (κ3) is 2.99. The SMILES string of the molecule is CCc1cc(N)c(CC)c(S(=O)(=O)N(C)CC2CC2)c1. The molecule has 0 bridgehead atoms. The van der Waals surface area contributed by atoms with Crippen LogP contribution in [-0.2, 0) is 22.9 Å². The first kappa shape index (κ1) is 15.3. The summed E-state index contributed by atoms with van der Waals surface area (Å²) in [4.78, 5) is 0.389. The van der Waals surface area contributed by atoms with E-state index >= 15 is 0 Å². The van der Waals surface area contributed by atoms with Crippen LogP contribution >= 0.6 is 0 Å². The minimum absolute atomic E-state index is 0.389. The van der Waals surface area contributed by atoms with Gasteiger partial charge in [-0.15, -0.1) is 0 Å². The van der Waals surface area contributed by atoms with Gasteiger partial charge >= 0.3 is 0 Å². The average molecular weight is 296 g/mol. The average Bonchev–Trinajstić information content (AvgIpc) is 3.21. The summed E-state index contributed by atoms with van der Waals surface area (Å²) in [7, 11) is -1.77. The standard InChI is InChI=1S/C15H24N2O2S/c1-4-11-8-14(16)13(5-2)15(9-11)20(18,19)17(3)10-12-6-7-12/h8-9,12H,4-7,10,16H2,1-3H3. The number of aryl methyl sites for hydroxylation is 1. The van der Waals surface area contributed by atoms with Gasteiger partial charge in [0.25, 0.3) is 0 Å². The van der Waals surface area contributed by atoms with Crippen molar-refractivity contribution < 1.29 is 8.42 Å². The van der Waals surface area contributed by atoms with Crippen molar-refractivity contribution in [2.75, 3.05) is 19.3 Å². The lowest BCUT2D eigenvalue weighted by atomic mass is 10.1. The second-order valence-electron chi connectivity index (χ2n) is 5.60. The molecule has 0 unspecified atom stereocenters. The number of hydrogen-bond donors (Lipinski definition) is 1. The van der Waals surface area contributed by atoms with E-state index in [0.29, 0.717) is 29.5 Å². The van der Waals surface area contributed by atoms with Gasteiger partial charge in [-0.2, -0.15) is 0 Å². The number of sulfonamides is 1. The number of nitrogens with two attached hydrogens (primary N) is 1. The molecule has 0 aliphatic heterocycles. The van der Waals surface area contributed by atoms with Crippen molar-refractivity contribution in [1.82, 2.24) is 4.31 Å². The molecule has 0 radical (unpaired) electrons. The van der Waals surface area contributed by atoms with Crippen molar-refractivity contribution in [3.05, 3.63) is 23.3 Å². The largest absolute Gasteiger partial charge is 0.398 e. The van der Waals surface area contributed by atoms with Crippen molar-refractivity contribution in [3.63, 3.8) is 0 Å². The van der Waals surface area contributed by atoms with Crippen molar-refractivity contribution in [3.8, 4) is 0 Å². The number of anilines is 1. The summed E-state index contributed by atoms with van der Waals surface area (Å²) in [5, 5.41) is 0. The lowest BCUT2D eigenvalue weighted by molar-refractivity contribution is 0.452. The Hall–Kier alpha value is -1.07. The van der Waals surface area contributed by atoms with Gasteiger partial charge in [-0.3, -0.25) is 0 Å². The van der Waals surface area contributed by atoms with Crippen molar-refractivity contribution in [1.29, 1.82) is 0 Å². The summed E-state index contributed by atoms with van der Waals surface area (Å²) in [6.45, 7) is 4.56. The number of nitrogen functional groups attached to an aromatic ring is 1. The molecule has 0 spiro atoms. The molecule has 5 heteroatoms. The Labute approximate surface area is 122 Å². The second-order valence-corrected chi connectivity index (χ2v) is 7.61. The van der Waals surface area contributed by atoms with Crippen molar-refractivity contribution in [2.45, 2.75) is 44.4 Å². The van der Waals surface area contributed by atoms with Crippen molar-refractivity contribution >= 4 is 15.7 Å². The van der Waals surface area contributed by atoms with Crippen LogP contribution in [0.15, 0.2) is 17.0 Å². The van der Waals surface area contributed by atoms with Gasteiger partial charge in [0.05, 0.1) is 4.90 Å². The highest BCUT2D eigenvalue weighted by molar-refractivity contribution is 7.89. The summed E-state index contributed by atoms with van der Waals surface area (Å²) in [6.07, 6.45) is 3.68. The molecular formula is C15H24N2O2S. The Balaban J connectivity index is 2.45. The van der Waals surface area contributed by atoms with Crippen LogP contribution in [0.4, 0.5) is 5.69 Å². The number of rotatable bonds is 6. The van der Waals surface area contributed by atoms with Crippen molar-refractivity contribution in [2.24, 2.45) is 5.92 Å². The maximum Gasteiger partial charge on any atom is 0.243 e. The fourth-order valence-electron chi connectivity index (χ4n) is 2.47. The first-order chi connectivity index (χ1) is 9.40. The molecule has 20 heavy (non-hydrogen) atoms. The second kappa shape index (κ2) is 5.74. The quantitative estimate of drug-likeness (QED) is 0.820. The highest BCUT2D eigenvalue weighted by Gasteiger charge is 2.30. The van der Waals surface area contributed by atoms with Crippen LogP contribution in [0.1, 0.15) is 37.8 Å². The topological polar surface area (TPSA) is 63.4 Å². The molecule has 0 saturated heterocycles. The summed E-state index contributed by atoms with van der Waals surface area (Å²) in [5.41, 5.74) is 8.33. The van der Waals surface area contributed by atoms with E-state index in [2.05, 4.69) is 0 Å². The van der Waals surface area contributed by atoms with Gasteiger partial charge in [-0.05, 0) is 54.9 Å². The van der Waals surface area contributed by atoms with Gasteiger partial charge in [0.2, 0.25) is 10.0 Å². The van der Waals surface area contributed by atoms with Crippen LogP contribution in [-0.4, -0.2) is 26.3 Å². The first-order valence-corrected chi connectivity index (χ1v) is 8.71. The van der Waals surface area contributed by atoms with E-state index in [-0.39, 0.29) is 0 Å². The molecule has 1 aromatic rings. The van der Waals surface area contributed by atoms with E-state index in [1.165, 1.54) is 4.31 Å². The van der Waals surface area contributed by atoms with Gasteiger partial charge in [-0.1, -0.05) is 13.8 Å². The number of nitrogens with zero attached hydrogens (tertiary/aromatic N) is 1. The molecule has 0 aromatic heterocycles. The summed E-state index contributed by atoms with van der Waals surface area (Å²) < 4.78 is 27.0. The smallest absolute Gasteiger partial charge is 0.243 e. The molecular weight excluding hydrogens is 272 g/mol. The molecule has 0 amide bonds. The molecule has 0 heterocycles. The molecule has 1 aliphatic carbocycles. The zero-order valence-electron chi connectivity index (χ0n) is 12.5. The molecule has 4 nitrogen and oxygen atoms in total. The molecule has 2 rings (SSSR count). The third-order valence-corrected chi connectivity index (χ3v) is 5.86. The van der Waals surface area contributed by atoms with Crippen LogP contribution in [0.3, 0.4) is 0 Å². The first-order valence-electron chi connectivity index (χ1n) is 7.27. The minimum Gasteiger partial charge on any atom is -0.398 e. The Morgan fingerprint density at radius 3 is 2.40 bits per heavy atom. The number of benzene rings is 1. The molecule has 0 atom stereocenters. The van der Waals surface area contributed by atoms with Crippen LogP contribution in [0.2, 0.25) is 0 Å². The molecule has 1 saturated carbocycles. The molecule has 112 valence electrons. The Morgan fingerprint density at radius 1 is 1.25 bits per heavy atom. The zero-order valence-corrected chi connectivity index (χ0v) is 13.3. The third-order valence-electron chi connectivity index (χ3n) is 3.97. The van der Waals surface area contributed by atoms with Crippen LogP contribution in [0.25, 0.3) is 0 Å². The van der Waals surface area contributed by atoms with E-state index in [1.54, 1.807) is 13.1 Å². The Morgan fingerprint density at radius 2 is 1.90 bits per heavy atom. The minimum atomic E-state index is -3.44. The summed E-state index contributed by atoms with van der Waals surface area (Å²) in [5.74, 6) is 0.534. The normalized spacial score (nSPS) is 15.8. The molecule has 1 fully saturated rings. The predicted molar refractivity (Wildman–Crippen MR) is 82.2 cm³/mol. The maximum absolute atomic E-state index is 12.8. The predicted octanol–water partition coefficient (Wildman–Crippen LogP) is 2.42. The van der Waals surface area contributed by atoms with E-state index in [1.807, 2.05) is 19.9 Å². The summed E-state index contributed by atoms with van der Waals surface area (Å²) in [6, 6.07) is 3.67. The van der Waals surface area contributed by atoms with Gasteiger partial charge in [0.1, 0.15) is 0 Å². The van der Waals surface area contributed by atoms with Gasteiger partial charge < -0.3 is 5.73 Å². The Bertz CT molecular complexity index is 592. The van der Waals surface area contributed by atoms with Gasteiger partial charge in [-0.25, -0.2) is 12.7 Å². The van der Waals surface area contributed by atoms with E-state index in [0.717, 1.165) is 30.4 Å². The van der Waals surface area contributed by atoms with Gasteiger partial charge in [0, 0.05) is 19.3 Å². The summed E-state index contributed by atoms with van der Waals surface area (Å²) >= 11 is 0. The fourth-order valence-corrected chi connectivity index (χ4v) is 4.09. The monoisotopic (exact) mass is 296 g/mol. The van der Waals surface area contributed by atoms with Crippen LogP contribution < -0.4 is 5.73 Å². The zero-order chi connectivity index (χ0) is 14.9. The lowest BCUT2D eigenvalue weighted by Gasteiger charge is -2.20.